The minimum absolute atomic E-state index is 0.116. The van der Waals surface area contributed by atoms with Gasteiger partial charge in [0.2, 0.25) is 5.91 Å². The lowest BCUT2D eigenvalue weighted by Gasteiger charge is -2.37. The molecule has 0 aromatic heterocycles. The zero-order valence-electron chi connectivity index (χ0n) is 13.7. The third-order valence-electron chi connectivity index (χ3n) is 4.89. The number of carbonyl (C=O) groups is 1. The van der Waals surface area contributed by atoms with E-state index in [1.807, 2.05) is 30.3 Å². The number of hydrazine groups is 1. The molecule has 7 heteroatoms. The van der Waals surface area contributed by atoms with Crippen molar-refractivity contribution in [3.63, 3.8) is 0 Å². The summed E-state index contributed by atoms with van der Waals surface area (Å²) in [6.45, 7) is 0. The van der Waals surface area contributed by atoms with Gasteiger partial charge in [-0.3, -0.25) is 10.2 Å². The Hall–Kier alpha value is -2.02. The number of aryl methyl sites for hydroxylation is 1. The van der Waals surface area contributed by atoms with Gasteiger partial charge < -0.3 is 5.11 Å². The smallest absolute Gasteiger partial charge is 0.362 e. The van der Waals surface area contributed by atoms with Crippen LogP contribution >= 0.6 is 0 Å². The van der Waals surface area contributed by atoms with Gasteiger partial charge in [-0.1, -0.05) is 42.8 Å². The first-order valence-corrected chi connectivity index (χ1v) is 8.47. The molecule has 0 radical (unpaired) electrons. The van der Waals surface area contributed by atoms with Gasteiger partial charge in [0.15, 0.2) is 0 Å². The predicted molar refractivity (Wildman–Crippen MR) is 85.8 cm³/mol. The van der Waals surface area contributed by atoms with Crippen LogP contribution in [0.1, 0.15) is 37.7 Å². The van der Waals surface area contributed by atoms with E-state index in [1.165, 1.54) is 0 Å². The number of nitrogens with zero attached hydrogens (tertiary/aromatic N) is 1. The third-order valence-corrected chi connectivity index (χ3v) is 4.89. The summed E-state index contributed by atoms with van der Waals surface area (Å²) in [5, 5.41) is 11.0. The molecule has 25 heavy (non-hydrogen) atoms. The van der Waals surface area contributed by atoms with Crippen LogP contribution in [0.25, 0.3) is 0 Å². The molecular formula is C18H21F3N2O2. The second-order valence-electron chi connectivity index (χ2n) is 6.55. The van der Waals surface area contributed by atoms with Crippen LogP contribution in [-0.2, 0) is 11.2 Å². The lowest BCUT2D eigenvalue weighted by molar-refractivity contribution is -0.318. The van der Waals surface area contributed by atoms with E-state index in [4.69, 9.17) is 0 Å². The quantitative estimate of drug-likeness (QED) is 0.876. The lowest BCUT2D eigenvalue weighted by Crippen LogP contribution is -2.62. The van der Waals surface area contributed by atoms with E-state index in [0.717, 1.165) is 12.0 Å². The van der Waals surface area contributed by atoms with Crippen molar-refractivity contribution >= 4 is 5.91 Å². The molecule has 1 aliphatic carbocycles. The van der Waals surface area contributed by atoms with E-state index in [0.29, 0.717) is 30.0 Å². The van der Waals surface area contributed by atoms with Crippen LogP contribution in [0.5, 0.6) is 0 Å². The SMILES string of the molecule is O=C(CCc1ccccc1)N1NC2=CCCCC[C@@H]2[C@@]1(O)C(F)(F)F. The molecule has 2 N–H and O–H groups in total. The molecule has 1 amide bonds. The van der Waals surface area contributed by atoms with Gasteiger partial charge in [-0.15, -0.1) is 0 Å². The molecule has 0 saturated carbocycles. The fourth-order valence-electron chi connectivity index (χ4n) is 3.54. The highest BCUT2D eigenvalue weighted by Gasteiger charge is 2.68. The fourth-order valence-corrected chi connectivity index (χ4v) is 3.54. The van der Waals surface area contributed by atoms with Crippen LogP contribution in [0.4, 0.5) is 13.2 Å². The van der Waals surface area contributed by atoms with Gasteiger partial charge in [0.25, 0.3) is 5.72 Å². The molecule has 1 heterocycles. The van der Waals surface area contributed by atoms with Crippen LogP contribution < -0.4 is 5.43 Å². The van der Waals surface area contributed by atoms with E-state index in [1.54, 1.807) is 6.08 Å². The van der Waals surface area contributed by atoms with E-state index in [-0.39, 0.29) is 12.8 Å². The second-order valence-corrected chi connectivity index (χ2v) is 6.55. The Morgan fingerprint density at radius 3 is 2.68 bits per heavy atom. The number of nitrogens with one attached hydrogen (secondary N) is 1. The Kier molecular flexibility index (Phi) is 4.77. The number of rotatable bonds is 3. The largest absolute Gasteiger partial charge is 0.439 e. The number of benzene rings is 1. The maximum atomic E-state index is 13.7. The molecule has 1 aromatic carbocycles. The summed E-state index contributed by atoms with van der Waals surface area (Å²) in [5.74, 6) is -1.92. The molecular weight excluding hydrogens is 333 g/mol. The highest BCUT2D eigenvalue weighted by Crippen LogP contribution is 2.48. The van der Waals surface area contributed by atoms with Crippen LogP contribution in [0.2, 0.25) is 0 Å². The van der Waals surface area contributed by atoms with Gasteiger partial charge in [-0.25, -0.2) is 5.01 Å². The monoisotopic (exact) mass is 354 g/mol. The summed E-state index contributed by atoms with van der Waals surface area (Å²) in [7, 11) is 0. The van der Waals surface area contributed by atoms with Gasteiger partial charge in [0.1, 0.15) is 0 Å². The van der Waals surface area contributed by atoms with Crippen LogP contribution in [-0.4, -0.2) is 27.9 Å². The van der Waals surface area contributed by atoms with Gasteiger partial charge in [0, 0.05) is 12.1 Å². The Morgan fingerprint density at radius 1 is 1.28 bits per heavy atom. The number of halogens is 3. The number of hydrogen-bond donors (Lipinski definition) is 2. The van der Waals surface area contributed by atoms with Gasteiger partial charge in [-0.05, 0) is 31.2 Å². The molecule has 1 aromatic rings. The Morgan fingerprint density at radius 2 is 2.00 bits per heavy atom. The highest BCUT2D eigenvalue weighted by atomic mass is 19.4. The molecule has 2 aliphatic rings. The normalized spacial score (nSPS) is 26.5. The summed E-state index contributed by atoms with van der Waals surface area (Å²) < 4.78 is 41.1. The maximum Gasteiger partial charge on any atom is 0.439 e. The summed E-state index contributed by atoms with van der Waals surface area (Å²) >= 11 is 0. The number of hydrogen-bond acceptors (Lipinski definition) is 3. The van der Waals surface area contributed by atoms with Gasteiger partial charge >= 0.3 is 6.18 Å². The first kappa shape index (κ1) is 17.8. The van der Waals surface area contributed by atoms with E-state index in [2.05, 4.69) is 5.43 Å². The van der Waals surface area contributed by atoms with Crippen LogP contribution in [0.3, 0.4) is 0 Å². The van der Waals surface area contributed by atoms with Crippen molar-refractivity contribution in [2.75, 3.05) is 0 Å². The maximum absolute atomic E-state index is 13.7. The lowest BCUT2D eigenvalue weighted by atomic mass is 9.89. The number of fused-ring (bicyclic) bond motifs is 1. The molecule has 0 spiro atoms. The topological polar surface area (TPSA) is 52.6 Å². The third kappa shape index (κ3) is 3.25. The Bertz CT molecular complexity index is 660. The van der Waals surface area contributed by atoms with E-state index in [9.17, 15) is 23.1 Å². The number of carbonyl (C=O) groups excluding carboxylic acids is 1. The molecule has 136 valence electrons. The Labute approximate surface area is 144 Å². The van der Waals surface area contributed by atoms with Crippen molar-refractivity contribution in [3.8, 4) is 0 Å². The van der Waals surface area contributed by atoms with Crippen LogP contribution in [0, 0.1) is 5.92 Å². The fraction of sp³-hybridized carbons (Fsp3) is 0.500. The predicted octanol–water partition coefficient (Wildman–Crippen LogP) is 3.29. The van der Waals surface area contributed by atoms with Crippen molar-refractivity contribution in [3.05, 3.63) is 47.7 Å². The summed E-state index contributed by atoms with van der Waals surface area (Å²) in [5.41, 5.74) is 0.500. The number of aliphatic hydroxyl groups is 1. The standard InChI is InChI=1S/C18H21F3N2O2/c19-18(20,21)17(25)14-9-5-2-6-10-15(14)22-23(17)16(24)12-11-13-7-3-1-4-8-13/h1,3-4,7-8,10,14,22,25H,2,5-6,9,11-12H2/t14-,17+/m0/s1. The number of allylic oxidation sites excluding steroid dienone is 1. The summed E-state index contributed by atoms with van der Waals surface area (Å²) in [4.78, 5) is 12.5. The molecule has 1 aliphatic heterocycles. The summed E-state index contributed by atoms with van der Waals surface area (Å²) in [6.07, 6.45) is -0.888. The highest BCUT2D eigenvalue weighted by molar-refractivity contribution is 5.77. The summed E-state index contributed by atoms with van der Waals surface area (Å²) in [6, 6.07) is 9.07. The minimum atomic E-state index is -4.94. The average molecular weight is 354 g/mol. The molecule has 0 unspecified atom stereocenters. The van der Waals surface area contributed by atoms with Crippen molar-refractivity contribution in [2.24, 2.45) is 5.92 Å². The molecule has 0 bridgehead atoms. The van der Waals surface area contributed by atoms with Gasteiger partial charge in [0.05, 0.1) is 5.92 Å². The molecule has 1 fully saturated rings. The second kappa shape index (κ2) is 6.71. The average Bonchev–Trinajstić information content (AvgIpc) is 2.74. The zero-order valence-corrected chi connectivity index (χ0v) is 13.7. The van der Waals surface area contributed by atoms with E-state index >= 15 is 0 Å². The molecule has 2 atom stereocenters. The van der Waals surface area contributed by atoms with Gasteiger partial charge in [-0.2, -0.15) is 13.2 Å². The molecule has 3 rings (SSSR count). The number of amides is 1. The number of alkyl halides is 3. The van der Waals surface area contributed by atoms with Crippen molar-refractivity contribution in [1.29, 1.82) is 0 Å². The first-order chi connectivity index (χ1) is 11.8. The molecule has 4 nitrogen and oxygen atoms in total. The van der Waals surface area contributed by atoms with Crippen molar-refractivity contribution in [1.82, 2.24) is 10.4 Å². The van der Waals surface area contributed by atoms with Crippen molar-refractivity contribution in [2.45, 2.75) is 50.4 Å². The zero-order chi connectivity index (χ0) is 18.1. The first-order valence-electron chi connectivity index (χ1n) is 8.47. The minimum Gasteiger partial charge on any atom is -0.362 e. The van der Waals surface area contributed by atoms with Crippen molar-refractivity contribution < 1.29 is 23.1 Å². The molecule has 1 saturated heterocycles. The van der Waals surface area contributed by atoms with Crippen LogP contribution in [0.15, 0.2) is 42.1 Å². The van der Waals surface area contributed by atoms with E-state index < -0.39 is 23.7 Å². The Balaban J connectivity index is 1.83.